The van der Waals surface area contributed by atoms with Crippen LogP contribution < -0.4 is 5.32 Å². The van der Waals surface area contributed by atoms with Crippen LogP contribution in [0.5, 0.6) is 0 Å². The molecule has 0 spiro atoms. The van der Waals surface area contributed by atoms with Crippen LogP contribution in [0, 0.1) is 0 Å². The minimum absolute atomic E-state index is 0.0526. The summed E-state index contributed by atoms with van der Waals surface area (Å²) in [7, 11) is -3.06. The molecule has 0 amide bonds. The van der Waals surface area contributed by atoms with Crippen LogP contribution in [-0.4, -0.2) is 29.7 Å². The number of sulfone groups is 1. The van der Waals surface area contributed by atoms with Crippen molar-refractivity contribution in [3.05, 3.63) is 47.2 Å². The highest BCUT2D eigenvalue weighted by molar-refractivity contribution is 7.91. The quantitative estimate of drug-likeness (QED) is 0.832. The molecule has 9 heteroatoms. The zero-order chi connectivity index (χ0) is 19.2. The van der Waals surface area contributed by atoms with Gasteiger partial charge in [0.2, 0.25) is 0 Å². The minimum atomic E-state index is -4.38. The summed E-state index contributed by atoms with van der Waals surface area (Å²) < 4.78 is 64.0. The molecule has 0 bridgehead atoms. The Hall–Kier alpha value is -2.03. The summed E-state index contributed by atoms with van der Waals surface area (Å²) in [5, 5.41) is 7.75. The Morgan fingerprint density at radius 2 is 1.96 bits per heavy atom. The van der Waals surface area contributed by atoms with Crippen molar-refractivity contribution in [2.75, 3.05) is 16.8 Å². The Labute approximate surface area is 155 Å². The number of alkyl halides is 3. The van der Waals surface area contributed by atoms with Crippen LogP contribution in [0.25, 0.3) is 0 Å². The van der Waals surface area contributed by atoms with Crippen LogP contribution in [0.2, 0.25) is 0 Å². The van der Waals surface area contributed by atoms with Crippen molar-refractivity contribution >= 4 is 15.7 Å². The average molecular weight is 399 g/mol. The van der Waals surface area contributed by atoms with Crippen LogP contribution >= 0.6 is 0 Å². The molecule has 1 aromatic heterocycles. The van der Waals surface area contributed by atoms with Gasteiger partial charge in [-0.05, 0) is 37.0 Å². The van der Waals surface area contributed by atoms with Crippen molar-refractivity contribution in [2.24, 2.45) is 0 Å². The Morgan fingerprint density at radius 3 is 2.59 bits per heavy atom. The van der Waals surface area contributed by atoms with Gasteiger partial charge in [-0.15, -0.1) is 0 Å². The lowest BCUT2D eigenvalue weighted by Crippen LogP contribution is -2.16. The zero-order valence-electron chi connectivity index (χ0n) is 14.5. The van der Waals surface area contributed by atoms with Crippen LogP contribution in [-0.2, 0) is 22.6 Å². The van der Waals surface area contributed by atoms with Crippen molar-refractivity contribution in [1.82, 2.24) is 9.78 Å². The third kappa shape index (κ3) is 4.12. The average Bonchev–Trinajstić information content (AvgIpc) is 3.26. The van der Waals surface area contributed by atoms with Crippen molar-refractivity contribution in [1.29, 1.82) is 0 Å². The number of hydrogen-bond donors (Lipinski definition) is 1. The van der Waals surface area contributed by atoms with Gasteiger partial charge in [-0.3, -0.25) is 0 Å². The van der Waals surface area contributed by atoms with Gasteiger partial charge in [0.1, 0.15) is 5.82 Å². The minimum Gasteiger partial charge on any atom is -0.366 e. The lowest BCUT2D eigenvalue weighted by Gasteiger charge is -2.15. The molecule has 1 N–H and O–H groups in total. The Morgan fingerprint density at radius 1 is 1.19 bits per heavy atom. The van der Waals surface area contributed by atoms with E-state index in [1.54, 1.807) is 10.7 Å². The molecule has 2 fully saturated rings. The first-order chi connectivity index (χ1) is 12.7. The Bertz CT molecular complexity index is 949. The first-order valence-electron chi connectivity index (χ1n) is 8.91. The molecule has 4 rings (SSSR count). The monoisotopic (exact) mass is 399 g/mol. The predicted molar refractivity (Wildman–Crippen MR) is 95.3 cm³/mol. The maximum Gasteiger partial charge on any atom is 0.416 e. The molecule has 146 valence electrons. The first kappa shape index (κ1) is 18.3. The van der Waals surface area contributed by atoms with Crippen molar-refractivity contribution in [2.45, 2.75) is 43.9 Å². The van der Waals surface area contributed by atoms with Gasteiger partial charge in [-0.25, -0.2) is 13.1 Å². The summed E-state index contributed by atoms with van der Waals surface area (Å²) in [6.07, 6.45) is -1.75. The van der Waals surface area contributed by atoms with Crippen molar-refractivity contribution < 1.29 is 21.6 Å². The van der Waals surface area contributed by atoms with Gasteiger partial charge in [-0.2, -0.15) is 18.3 Å². The van der Waals surface area contributed by atoms with Gasteiger partial charge < -0.3 is 5.32 Å². The molecule has 2 aliphatic rings. The number of halogens is 3. The standard InChI is InChI=1S/C18H20F3N3O2S/c19-18(20,21)14-3-1-2-12(8-14)10-22-17-9-16(13-4-5-13)23-24(17)15-6-7-27(25,26)11-15/h1-3,8-9,13,15,22H,4-7,10-11H2. The van der Waals surface area contributed by atoms with Crippen LogP contribution in [0.3, 0.4) is 0 Å². The van der Waals surface area contributed by atoms with Gasteiger partial charge in [0.05, 0.1) is 28.8 Å². The maximum atomic E-state index is 12.9. The van der Waals surface area contributed by atoms with Crippen LogP contribution in [0.4, 0.5) is 19.0 Å². The van der Waals surface area contributed by atoms with E-state index in [2.05, 4.69) is 10.4 Å². The second-order valence-corrected chi connectivity index (χ2v) is 9.51. The largest absolute Gasteiger partial charge is 0.416 e. The molecule has 27 heavy (non-hydrogen) atoms. The van der Waals surface area contributed by atoms with E-state index >= 15 is 0 Å². The van der Waals surface area contributed by atoms with E-state index in [0.717, 1.165) is 30.7 Å². The SMILES string of the molecule is O=S1(=O)CCC(n2nc(C3CC3)cc2NCc2cccc(C(F)(F)F)c2)C1. The highest BCUT2D eigenvalue weighted by atomic mass is 32.2. The Kier molecular flexibility index (Phi) is 4.44. The molecule has 1 aliphatic carbocycles. The van der Waals surface area contributed by atoms with Crippen molar-refractivity contribution in [3.8, 4) is 0 Å². The molecule has 2 heterocycles. The Balaban J connectivity index is 1.55. The van der Waals surface area contributed by atoms with E-state index in [1.165, 1.54) is 6.07 Å². The van der Waals surface area contributed by atoms with Gasteiger partial charge in [0, 0.05) is 18.5 Å². The number of rotatable bonds is 5. The number of nitrogens with one attached hydrogen (secondary N) is 1. The highest BCUT2D eigenvalue weighted by Crippen LogP contribution is 2.41. The van der Waals surface area contributed by atoms with Gasteiger partial charge >= 0.3 is 6.18 Å². The maximum absolute atomic E-state index is 12.9. The summed E-state index contributed by atoms with van der Waals surface area (Å²) in [5.41, 5.74) is 0.742. The van der Waals surface area contributed by atoms with Crippen molar-refractivity contribution in [3.63, 3.8) is 0 Å². The number of hydrogen-bond acceptors (Lipinski definition) is 4. The second kappa shape index (κ2) is 6.54. The fourth-order valence-corrected chi connectivity index (χ4v) is 5.11. The topological polar surface area (TPSA) is 64.0 Å². The molecule has 1 atom stereocenters. The van der Waals surface area contributed by atoms with Gasteiger partial charge in [0.25, 0.3) is 0 Å². The molecular formula is C18H20F3N3O2S. The van der Waals surface area contributed by atoms with Gasteiger partial charge in [0.15, 0.2) is 9.84 Å². The third-order valence-electron chi connectivity index (χ3n) is 5.03. The second-order valence-electron chi connectivity index (χ2n) is 7.28. The van der Waals surface area contributed by atoms with E-state index in [1.807, 2.05) is 6.07 Å². The fourth-order valence-electron chi connectivity index (χ4n) is 3.42. The summed E-state index contributed by atoms with van der Waals surface area (Å²) in [5.74, 6) is 1.26. The summed E-state index contributed by atoms with van der Waals surface area (Å²) >= 11 is 0. The number of aromatic nitrogens is 2. The van der Waals surface area contributed by atoms with E-state index in [0.29, 0.717) is 23.7 Å². The summed E-state index contributed by atoms with van der Waals surface area (Å²) in [6.45, 7) is 0.208. The molecular weight excluding hydrogens is 379 g/mol. The molecule has 1 aromatic carbocycles. The van der Waals surface area contributed by atoms with E-state index in [4.69, 9.17) is 0 Å². The summed E-state index contributed by atoms with van der Waals surface area (Å²) in [6, 6.07) is 6.85. The lowest BCUT2D eigenvalue weighted by atomic mass is 10.1. The molecule has 1 saturated carbocycles. The molecule has 2 aromatic rings. The first-order valence-corrected chi connectivity index (χ1v) is 10.7. The fraction of sp³-hybridized carbons (Fsp3) is 0.500. The summed E-state index contributed by atoms with van der Waals surface area (Å²) in [4.78, 5) is 0. The molecule has 5 nitrogen and oxygen atoms in total. The van der Waals surface area contributed by atoms with E-state index in [9.17, 15) is 21.6 Å². The predicted octanol–water partition coefficient (Wildman–Crippen LogP) is 3.75. The number of anilines is 1. The normalized spacial score (nSPS) is 22.1. The lowest BCUT2D eigenvalue weighted by molar-refractivity contribution is -0.137. The van der Waals surface area contributed by atoms with E-state index < -0.39 is 21.6 Å². The molecule has 1 unspecified atom stereocenters. The highest BCUT2D eigenvalue weighted by Gasteiger charge is 2.34. The third-order valence-corrected chi connectivity index (χ3v) is 6.78. The van der Waals surface area contributed by atoms with Crippen LogP contribution in [0.1, 0.15) is 48.0 Å². The van der Waals surface area contributed by atoms with Crippen LogP contribution in [0.15, 0.2) is 30.3 Å². The number of benzene rings is 1. The zero-order valence-corrected chi connectivity index (χ0v) is 15.4. The molecule has 1 aliphatic heterocycles. The van der Waals surface area contributed by atoms with E-state index in [-0.39, 0.29) is 24.1 Å². The molecule has 1 saturated heterocycles. The smallest absolute Gasteiger partial charge is 0.366 e. The van der Waals surface area contributed by atoms with Gasteiger partial charge in [-0.1, -0.05) is 12.1 Å². The number of nitrogens with zero attached hydrogens (tertiary/aromatic N) is 2. The molecule has 0 radical (unpaired) electrons.